The van der Waals surface area contributed by atoms with Gasteiger partial charge in [-0.2, -0.15) is 0 Å². The molecule has 5 unspecified atom stereocenters. The van der Waals surface area contributed by atoms with E-state index in [9.17, 15) is 15.3 Å². The van der Waals surface area contributed by atoms with Crippen LogP contribution in [0.1, 0.15) is 98.0 Å². The number of aliphatic hydroxyl groups is 3. The lowest BCUT2D eigenvalue weighted by molar-refractivity contribution is -0.0688. The summed E-state index contributed by atoms with van der Waals surface area (Å²) in [6.45, 7) is 11.1. The molecule has 0 saturated heterocycles. The fourth-order valence-corrected chi connectivity index (χ4v) is 8.73. The first-order valence-electron chi connectivity index (χ1n) is 15.3. The predicted molar refractivity (Wildman–Crippen MR) is 153 cm³/mol. The van der Waals surface area contributed by atoms with Gasteiger partial charge in [-0.05, 0) is 105 Å². The van der Waals surface area contributed by atoms with Crippen LogP contribution in [-0.4, -0.2) is 33.1 Å². The Morgan fingerprint density at radius 2 is 1.76 bits per heavy atom. The molecule has 3 heteroatoms. The van der Waals surface area contributed by atoms with Gasteiger partial charge in [0.15, 0.2) is 0 Å². The molecule has 10 atom stereocenters. The molecule has 3 aliphatic rings. The molecule has 0 bridgehead atoms. The molecule has 3 aliphatic carbocycles. The lowest BCUT2D eigenvalue weighted by Gasteiger charge is -2.46. The van der Waals surface area contributed by atoms with E-state index in [1.165, 1.54) is 44.1 Å². The maximum Gasteiger partial charge on any atom is 0.0627 e. The maximum absolute atomic E-state index is 11.2. The minimum atomic E-state index is -0.554. The van der Waals surface area contributed by atoms with Gasteiger partial charge in [0, 0.05) is 5.92 Å². The second kappa shape index (κ2) is 11.9. The van der Waals surface area contributed by atoms with E-state index in [4.69, 9.17) is 0 Å². The van der Waals surface area contributed by atoms with E-state index in [2.05, 4.69) is 45.1 Å². The van der Waals surface area contributed by atoms with Gasteiger partial charge in [0.25, 0.3) is 0 Å². The highest BCUT2D eigenvalue weighted by Crippen LogP contribution is 2.60. The largest absolute Gasteiger partial charge is 0.393 e. The van der Waals surface area contributed by atoms with Crippen LogP contribution in [0.3, 0.4) is 0 Å². The molecule has 1 aromatic rings. The van der Waals surface area contributed by atoms with Crippen molar-refractivity contribution in [3.8, 4) is 0 Å². The van der Waals surface area contributed by atoms with Crippen molar-refractivity contribution in [2.45, 2.75) is 117 Å². The highest BCUT2D eigenvalue weighted by molar-refractivity contribution is 5.17. The standard InChI is InChI=1S/C34H54O3/c1-23(11-9-19-33(3,4)37)29-17-18-30-26(14-10-20-34(29,30)5)15-16-27-22-31(35)28(32(36)24(27)2)21-25-12-7-6-8-13-25/h6-8,12-13,15-16,23-24,26-32,35-37H,9-11,14,17-22H2,1-5H3/b16-15-/t23-,24?,26?,27?,28-,29?,30?,31-,32-,34-/m1/s1. The zero-order valence-electron chi connectivity index (χ0n) is 24.2. The van der Waals surface area contributed by atoms with E-state index in [-0.39, 0.29) is 17.8 Å². The predicted octanol–water partition coefficient (Wildman–Crippen LogP) is 7.19. The molecule has 3 nitrogen and oxygen atoms in total. The molecule has 208 valence electrons. The number of hydrogen-bond donors (Lipinski definition) is 3. The first-order chi connectivity index (χ1) is 17.5. The van der Waals surface area contributed by atoms with Crippen LogP contribution in [0, 0.1) is 46.8 Å². The Bertz CT molecular complexity index is 873. The van der Waals surface area contributed by atoms with E-state index in [0.717, 1.165) is 37.5 Å². The molecule has 1 aromatic carbocycles. The van der Waals surface area contributed by atoms with Gasteiger partial charge in [-0.25, -0.2) is 0 Å². The van der Waals surface area contributed by atoms with Crippen LogP contribution < -0.4 is 0 Å². The first kappa shape index (κ1) is 28.8. The smallest absolute Gasteiger partial charge is 0.0627 e. The summed E-state index contributed by atoms with van der Waals surface area (Å²) in [6.07, 6.45) is 15.3. The zero-order valence-corrected chi connectivity index (χ0v) is 24.2. The molecule has 0 aromatic heterocycles. The maximum atomic E-state index is 11.2. The summed E-state index contributed by atoms with van der Waals surface area (Å²) in [5.74, 6) is 3.18. The van der Waals surface area contributed by atoms with E-state index in [1.54, 1.807) is 0 Å². The SMILES string of the molecule is CC1C(/C=C\C2CCC[C@@]3(C)C2CCC3[C@H](C)CCCC(C)(C)O)C[C@@H](O)[C@@H](Cc2ccccc2)[C@@H]1O. The van der Waals surface area contributed by atoms with Crippen molar-refractivity contribution in [2.75, 3.05) is 0 Å². The van der Waals surface area contributed by atoms with Crippen LogP contribution >= 0.6 is 0 Å². The Labute approximate surface area is 226 Å². The van der Waals surface area contributed by atoms with E-state index < -0.39 is 17.8 Å². The van der Waals surface area contributed by atoms with Gasteiger partial charge in [-0.3, -0.25) is 0 Å². The number of hydrogen-bond acceptors (Lipinski definition) is 3. The second-order valence-corrected chi connectivity index (χ2v) is 14.1. The summed E-state index contributed by atoms with van der Waals surface area (Å²) in [7, 11) is 0. The zero-order chi connectivity index (χ0) is 26.8. The Kier molecular flexibility index (Phi) is 9.29. The molecular formula is C34H54O3. The van der Waals surface area contributed by atoms with Crippen LogP contribution in [0.15, 0.2) is 42.5 Å². The summed E-state index contributed by atoms with van der Waals surface area (Å²) in [5.41, 5.74) is 1.05. The molecule has 0 aliphatic heterocycles. The second-order valence-electron chi connectivity index (χ2n) is 14.1. The van der Waals surface area contributed by atoms with E-state index >= 15 is 0 Å². The Hall–Kier alpha value is -1.16. The molecule has 3 fully saturated rings. The average molecular weight is 511 g/mol. The van der Waals surface area contributed by atoms with Gasteiger partial charge in [-0.1, -0.05) is 82.5 Å². The van der Waals surface area contributed by atoms with Crippen molar-refractivity contribution < 1.29 is 15.3 Å². The Morgan fingerprint density at radius 3 is 2.46 bits per heavy atom. The number of rotatable bonds is 9. The molecular weight excluding hydrogens is 456 g/mol. The summed E-state index contributed by atoms with van der Waals surface area (Å²) >= 11 is 0. The molecule has 0 spiro atoms. The van der Waals surface area contributed by atoms with Gasteiger partial charge in [0.1, 0.15) is 0 Å². The Balaban J connectivity index is 1.37. The van der Waals surface area contributed by atoms with Crippen LogP contribution in [0.2, 0.25) is 0 Å². The van der Waals surface area contributed by atoms with Crippen molar-refractivity contribution in [2.24, 2.45) is 46.8 Å². The summed E-state index contributed by atoms with van der Waals surface area (Å²) in [6, 6.07) is 10.3. The highest BCUT2D eigenvalue weighted by Gasteiger charge is 2.51. The van der Waals surface area contributed by atoms with Gasteiger partial charge in [0.2, 0.25) is 0 Å². The number of benzene rings is 1. The summed E-state index contributed by atoms with van der Waals surface area (Å²) in [5, 5.41) is 32.3. The van der Waals surface area contributed by atoms with Crippen molar-refractivity contribution in [1.82, 2.24) is 0 Å². The topological polar surface area (TPSA) is 60.7 Å². The van der Waals surface area contributed by atoms with Crippen LogP contribution in [0.25, 0.3) is 0 Å². The normalized spacial score (nSPS) is 39.6. The molecule has 0 radical (unpaired) electrons. The van der Waals surface area contributed by atoms with Gasteiger partial charge in [-0.15, -0.1) is 0 Å². The molecule has 37 heavy (non-hydrogen) atoms. The van der Waals surface area contributed by atoms with Crippen molar-refractivity contribution in [1.29, 1.82) is 0 Å². The lowest BCUT2D eigenvalue weighted by atomic mass is 9.59. The Morgan fingerprint density at radius 1 is 1.05 bits per heavy atom. The summed E-state index contributed by atoms with van der Waals surface area (Å²) < 4.78 is 0. The van der Waals surface area contributed by atoms with Crippen LogP contribution in [0.4, 0.5) is 0 Å². The van der Waals surface area contributed by atoms with Crippen LogP contribution in [0.5, 0.6) is 0 Å². The minimum Gasteiger partial charge on any atom is -0.393 e. The molecule has 4 rings (SSSR count). The lowest BCUT2D eigenvalue weighted by Crippen LogP contribution is -2.46. The van der Waals surface area contributed by atoms with Crippen LogP contribution in [-0.2, 0) is 6.42 Å². The average Bonchev–Trinajstić information content (AvgIpc) is 3.20. The summed E-state index contributed by atoms with van der Waals surface area (Å²) in [4.78, 5) is 0. The number of fused-ring (bicyclic) bond motifs is 1. The molecule has 3 N–H and O–H groups in total. The quantitative estimate of drug-likeness (QED) is 0.308. The fraction of sp³-hybridized carbons (Fsp3) is 0.765. The highest BCUT2D eigenvalue weighted by atomic mass is 16.3. The molecule has 0 heterocycles. The monoisotopic (exact) mass is 510 g/mol. The van der Waals surface area contributed by atoms with Crippen molar-refractivity contribution in [3.05, 3.63) is 48.0 Å². The van der Waals surface area contributed by atoms with Crippen molar-refractivity contribution in [3.63, 3.8) is 0 Å². The minimum absolute atomic E-state index is 0.0893. The van der Waals surface area contributed by atoms with Gasteiger partial charge < -0.3 is 15.3 Å². The van der Waals surface area contributed by atoms with Gasteiger partial charge in [0.05, 0.1) is 17.8 Å². The van der Waals surface area contributed by atoms with Crippen molar-refractivity contribution >= 4 is 0 Å². The van der Waals surface area contributed by atoms with E-state index in [0.29, 0.717) is 17.3 Å². The van der Waals surface area contributed by atoms with Gasteiger partial charge >= 0.3 is 0 Å². The number of aliphatic hydroxyl groups excluding tert-OH is 2. The third-order valence-corrected chi connectivity index (χ3v) is 11.0. The number of allylic oxidation sites excluding steroid dienone is 2. The third kappa shape index (κ3) is 6.71. The first-order valence-corrected chi connectivity index (χ1v) is 15.3. The fourth-order valence-electron chi connectivity index (χ4n) is 8.73. The third-order valence-electron chi connectivity index (χ3n) is 11.0. The van der Waals surface area contributed by atoms with E-state index in [1.807, 2.05) is 32.0 Å². The molecule has 0 amide bonds. The molecule has 3 saturated carbocycles.